The molecule has 0 radical (unpaired) electrons. The van der Waals surface area contributed by atoms with Crippen molar-refractivity contribution < 1.29 is 9.90 Å². The van der Waals surface area contributed by atoms with Crippen molar-refractivity contribution in [2.24, 2.45) is 5.73 Å². The number of primary amides is 1. The molecule has 7 nitrogen and oxygen atoms in total. The molecule has 0 atom stereocenters. The van der Waals surface area contributed by atoms with Crippen LogP contribution in [0, 0.1) is 6.92 Å². The molecule has 0 bridgehead atoms. The van der Waals surface area contributed by atoms with Crippen molar-refractivity contribution in [1.82, 2.24) is 14.4 Å². The number of carbonyl (C=O) groups is 1. The van der Waals surface area contributed by atoms with E-state index in [1.807, 2.05) is 31.5 Å². The molecule has 142 valence electrons. The molecular weight excluding hydrogens is 374 g/mol. The summed E-state index contributed by atoms with van der Waals surface area (Å²) in [4.78, 5) is 21.1. The Morgan fingerprint density at radius 2 is 2.11 bits per heavy atom. The van der Waals surface area contributed by atoms with E-state index in [1.165, 1.54) is 11.3 Å². The average molecular weight is 393 g/mol. The number of thiazole rings is 1. The second kappa shape index (κ2) is 6.65. The first-order chi connectivity index (χ1) is 13.4. The number of imidazole rings is 1. The van der Waals surface area contributed by atoms with E-state index in [1.54, 1.807) is 22.9 Å². The summed E-state index contributed by atoms with van der Waals surface area (Å²) >= 11 is 1.45. The molecule has 3 aromatic heterocycles. The van der Waals surface area contributed by atoms with E-state index in [4.69, 9.17) is 11.5 Å². The highest BCUT2D eigenvalue weighted by atomic mass is 32.1. The number of anilines is 1. The van der Waals surface area contributed by atoms with Crippen LogP contribution in [0.1, 0.15) is 28.4 Å². The monoisotopic (exact) mass is 393 g/mol. The van der Waals surface area contributed by atoms with Crippen LogP contribution >= 0.6 is 11.3 Å². The number of nitrogen functional groups attached to an aromatic ring is 1. The number of benzene rings is 1. The normalized spacial score (nSPS) is 11.2. The number of aromatic nitrogens is 3. The van der Waals surface area contributed by atoms with Gasteiger partial charge < -0.3 is 21.0 Å². The quantitative estimate of drug-likeness (QED) is 0.491. The summed E-state index contributed by atoms with van der Waals surface area (Å²) in [5, 5.41) is 12.8. The number of pyridine rings is 1. The Morgan fingerprint density at radius 3 is 2.75 bits per heavy atom. The summed E-state index contributed by atoms with van der Waals surface area (Å²) < 4.78 is 1.74. The van der Waals surface area contributed by atoms with Crippen molar-refractivity contribution in [3.05, 3.63) is 52.8 Å². The number of carbonyl (C=O) groups excluding carboxylic acids is 1. The second-order valence-corrected chi connectivity index (χ2v) is 7.38. The maximum atomic E-state index is 12.2. The fourth-order valence-electron chi connectivity index (χ4n) is 3.46. The largest absolute Gasteiger partial charge is 0.508 e. The molecule has 0 fully saturated rings. The summed E-state index contributed by atoms with van der Waals surface area (Å²) in [6.07, 6.45) is 6.06. The molecule has 1 aromatic carbocycles. The Labute approximate surface area is 165 Å². The summed E-state index contributed by atoms with van der Waals surface area (Å²) in [5.74, 6) is -0.488. The number of nitrogens with zero attached hydrogens (tertiary/aromatic N) is 3. The van der Waals surface area contributed by atoms with E-state index in [-0.39, 0.29) is 17.0 Å². The van der Waals surface area contributed by atoms with E-state index < -0.39 is 5.91 Å². The first kappa shape index (κ1) is 18.0. The molecule has 0 aliphatic rings. The van der Waals surface area contributed by atoms with Gasteiger partial charge in [0.2, 0.25) is 0 Å². The van der Waals surface area contributed by atoms with Gasteiger partial charge in [-0.2, -0.15) is 0 Å². The number of aromatic hydroxyl groups is 1. The Kier molecular flexibility index (Phi) is 4.27. The van der Waals surface area contributed by atoms with Gasteiger partial charge in [-0.3, -0.25) is 4.79 Å². The number of hydrogen-bond donors (Lipinski definition) is 3. The van der Waals surface area contributed by atoms with Gasteiger partial charge >= 0.3 is 0 Å². The third-order valence-corrected chi connectivity index (χ3v) is 5.65. The number of nitrogens with two attached hydrogens (primary N) is 2. The summed E-state index contributed by atoms with van der Waals surface area (Å²) in [7, 11) is 0. The Morgan fingerprint density at radius 1 is 1.32 bits per heavy atom. The van der Waals surface area contributed by atoms with Crippen LogP contribution in [-0.2, 0) is 6.42 Å². The van der Waals surface area contributed by atoms with Crippen LogP contribution in [0.2, 0.25) is 0 Å². The predicted molar refractivity (Wildman–Crippen MR) is 110 cm³/mol. The van der Waals surface area contributed by atoms with Crippen LogP contribution in [-0.4, -0.2) is 25.4 Å². The molecule has 4 aromatic rings. The number of amides is 1. The number of rotatable bonds is 4. The number of hydrogen-bond acceptors (Lipinski definition) is 6. The van der Waals surface area contributed by atoms with Crippen molar-refractivity contribution in [1.29, 1.82) is 0 Å². The lowest BCUT2D eigenvalue weighted by molar-refractivity contribution is 0.100. The fourth-order valence-corrected chi connectivity index (χ4v) is 4.05. The van der Waals surface area contributed by atoms with Crippen LogP contribution < -0.4 is 11.5 Å². The molecule has 0 spiro atoms. The van der Waals surface area contributed by atoms with E-state index >= 15 is 0 Å². The molecule has 0 aliphatic carbocycles. The van der Waals surface area contributed by atoms with Crippen LogP contribution in [0.25, 0.3) is 27.5 Å². The minimum Gasteiger partial charge on any atom is -0.508 e. The maximum Gasteiger partial charge on any atom is 0.254 e. The van der Waals surface area contributed by atoms with Crippen LogP contribution in [0.4, 0.5) is 5.69 Å². The van der Waals surface area contributed by atoms with Gasteiger partial charge in [0.15, 0.2) is 5.65 Å². The number of aryl methyl sites for hydroxylation is 1. The average Bonchev–Trinajstić information content (AvgIpc) is 3.32. The topological polar surface area (TPSA) is 120 Å². The van der Waals surface area contributed by atoms with Crippen molar-refractivity contribution in [3.63, 3.8) is 0 Å². The van der Waals surface area contributed by atoms with Gasteiger partial charge in [-0.05, 0) is 36.1 Å². The van der Waals surface area contributed by atoms with E-state index in [9.17, 15) is 9.90 Å². The minimum absolute atomic E-state index is 0.158. The Bertz CT molecular complexity index is 1210. The molecule has 8 heteroatoms. The molecule has 0 saturated heterocycles. The third kappa shape index (κ3) is 2.69. The van der Waals surface area contributed by atoms with Crippen molar-refractivity contribution in [3.8, 4) is 27.6 Å². The molecule has 0 saturated carbocycles. The Balaban J connectivity index is 2.08. The fraction of sp³-hybridized carbons (Fsp3) is 0.150. The van der Waals surface area contributed by atoms with Crippen molar-refractivity contribution >= 4 is 28.6 Å². The zero-order valence-corrected chi connectivity index (χ0v) is 16.2. The number of phenolic OH excluding ortho intramolecular Hbond substituents is 1. The predicted octanol–water partition coefficient (Wildman–Crippen LogP) is 3.38. The van der Waals surface area contributed by atoms with Gasteiger partial charge in [0, 0.05) is 29.5 Å². The van der Waals surface area contributed by atoms with E-state index in [0.717, 1.165) is 22.6 Å². The van der Waals surface area contributed by atoms with Gasteiger partial charge in [0.05, 0.1) is 5.69 Å². The van der Waals surface area contributed by atoms with Gasteiger partial charge in [0.1, 0.15) is 22.0 Å². The molecule has 0 aliphatic heterocycles. The highest BCUT2D eigenvalue weighted by molar-refractivity contribution is 7.13. The standard InChI is InChI=1S/C20H19N5O2S/c1-3-11-4-5-14(26)10(2)15(11)12-8-25-9-13(20-23-6-7-28-20)24-19(25)16(17(12)21)18(22)27/h4-9,26H,3,21H2,1-2H3,(H2,22,27). The number of phenols is 1. The lowest BCUT2D eigenvalue weighted by Crippen LogP contribution is -2.16. The molecular formula is C20H19N5O2S. The van der Waals surface area contributed by atoms with Gasteiger partial charge in [-0.25, -0.2) is 9.97 Å². The first-order valence-corrected chi connectivity index (χ1v) is 9.63. The molecule has 1 amide bonds. The Hall–Kier alpha value is -3.39. The third-order valence-electron chi connectivity index (χ3n) is 4.85. The maximum absolute atomic E-state index is 12.2. The molecule has 5 N–H and O–H groups in total. The minimum atomic E-state index is -0.656. The summed E-state index contributed by atoms with van der Waals surface area (Å²) in [6, 6.07) is 3.53. The van der Waals surface area contributed by atoms with Crippen LogP contribution in [0.5, 0.6) is 5.75 Å². The summed E-state index contributed by atoms with van der Waals surface area (Å²) in [5.41, 5.74) is 16.6. The van der Waals surface area contributed by atoms with Crippen LogP contribution in [0.3, 0.4) is 0 Å². The highest BCUT2D eigenvalue weighted by Gasteiger charge is 2.22. The molecule has 3 heterocycles. The van der Waals surface area contributed by atoms with Gasteiger partial charge in [0.25, 0.3) is 5.91 Å². The molecule has 28 heavy (non-hydrogen) atoms. The molecule has 0 unspecified atom stereocenters. The van der Waals surface area contributed by atoms with Crippen molar-refractivity contribution in [2.75, 3.05) is 5.73 Å². The smallest absolute Gasteiger partial charge is 0.254 e. The zero-order valence-electron chi connectivity index (χ0n) is 15.4. The van der Waals surface area contributed by atoms with Crippen molar-refractivity contribution in [2.45, 2.75) is 20.3 Å². The lowest BCUT2D eigenvalue weighted by Gasteiger charge is -2.17. The molecule has 4 rings (SSSR count). The van der Waals surface area contributed by atoms with Gasteiger partial charge in [-0.1, -0.05) is 13.0 Å². The second-order valence-electron chi connectivity index (χ2n) is 6.49. The first-order valence-electron chi connectivity index (χ1n) is 8.75. The van der Waals surface area contributed by atoms with Gasteiger partial charge in [-0.15, -0.1) is 11.3 Å². The SMILES string of the molecule is CCc1ccc(O)c(C)c1-c1cn2cc(-c3nccs3)nc2c(C(N)=O)c1N. The highest BCUT2D eigenvalue weighted by Crippen LogP contribution is 2.39. The summed E-state index contributed by atoms with van der Waals surface area (Å²) in [6.45, 7) is 3.85. The lowest BCUT2D eigenvalue weighted by atomic mass is 9.92. The van der Waals surface area contributed by atoms with Crippen LogP contribution in [0.15, 0.2) is 36.1 Å². The zero-order chi connectivity index (χ0) is 20.0. The van der Waals surface area contributed by atoms with E-state index in [0.29, 0.717) is 22.5 Å². The van der Waals surface area contributed by atoms with E-state index in [2.05, 4.69) is 9.97 Å². The number of fused-ring (bicyclic) bond motifs is 1.